The van der Waals surface area contributed by atoms with Crippen molar-refractivity contribution in [2.75, 3.05) is 0 Å². The molecule has 0 aliphatic rings. The van der Waals surface area contributed by atoms with Crippen molar-refractivity contribution in [1.82, 2.24) is 9.97 Å². The summed E-state index contributed by atoms with van der Waals surface area (Å²) in [4.78, 5) is 9.41. The van der Waals surface area contributed by atoms with Gasteiger partial charge in [0.25, 0.3) is 0 Å². The van der Waals surface area contributed by atoms with Gasteiger partial charge in [-0.05, 0) is 35.5 Å². The second kappa shape index (κ2) is 5.43. The second-order valence-corrected chi connectivity index (χ2v) is 4.99. The lowest BCUT2D eigenvalue weighted by Gasteiger charge is -2.04. The van der Waals surface area contributed by atoms with Gasteiger partial charge in [0.05, 0.1) is 0 Å². The predicted octanol–water partition coefficient (Wildman–Crippen LogP) is 2.85. The molecule has 2 N–H and O–H groups in total. The Morgan fingerprint density at radius 1 is 1.25 bits per heavy atom. The van der Waals surface area contributed by atoms with Crippen molar-refractivity contribution in [3.8, 4) is 0 Å². The van der Waals surface area contributed by atoms with Crippen LogP contribution in [0.15, 0.2) is 51.2 Å². The van der Waals surface area contributed by atoms with Crippen LogP contribution in [0.25, 0.3) is 0 Å². The van der Waals surface area contributed by atoms with E-state index in [1.807, 2.05) is 18.2 Å². The number of nitrogens with zero attached hydrogens (tertiary/aromatic N) is 2. The van der Waals surface area contributed by atoms with E-state index in [-0.39, 0.29) is 0 Å². The highest BCUT2D eigenvalue weighted by Gasteiger charge is 2.03. The summed E-state index contributed by atoms with van der Waals surface area (Å²) < 4.78 is 1.02. The van der Waals surface area contributed by atoms with Crippen LogP contribution >= 0.6 is 27.7 Å². The molecule has 0 aliphatic heterocycles. The number of nitrogens with two attached hydrogens (primary N) is 1. The fraction of sp³-hybridized carbons (Fsp3) is 0.0909. The summed E-state index contributed by atoms with van der Waals surface area (Å²) in [7, 11) is 0. The van der Waals surface area contributed by atoms with Crippen molar-refractivity contribution in [2.45, 2.75) is 16.6 Å². The van der Waals surface area contributed by atoms with E-state index in [0.29, 0.717) is 6.54 Å². The van der Waals surface area contributed by atoms with Gasteiger partial charge in [-0.25, -0.2) is 9.97 Å². The molecule has 16 heavy (non-hydrogen) atoms. The lowest BCUT2D eigenvalue weighted by atomic mass is 10.2. The first-order valence-electron chi connectivity index (χ1n) is 4.73. The standard InChI is InChI=1S/C11H10BrN3S/c12-10-6-9(3-2-8(10)7-13)16-11-14-4-1-5-15-11/h1-6H,7,13H2. The maximum absolute atomic E-state index is 5.59. The van der Waals surface area contributed by atoms with Crippen molar-refractivity contribution in [1.29, 1.82) is 0 Å². The molecule has 1 aromatic heterocycles. The molecule has 82 valence electrons. The molecule has 0 saturated carbocycles. The number of hydrogen-bond acceptors (Lipinski definition) is 4. The molecule has 2 aromatic rings. The van der Waals surface area contributed by atoms with E-state index in [4.69, 9.17) is 5.73 Å². The van der Waals surface area contributed by atoms with Crippen LogP contribution in [0.3, 0.4) is 0 Å². The topological polar surface area (TPSA) is 51.8 Å². The monoisotopic (exact) mass is 295 g/mol. The van der Waals surface area contributed by atoms with E-state index in [9.17, 15) is 0 Å². The molecule has 0 amide bonds. The third-order valence-electron chi connectivity index (χ3n) is 2.00. The maximum Gasteiger partial charge on any atom is 0.192 e. The maximum atomic E-state index is 5.59. The molecular formula is C11H10BrN3S. The smallest absolute Gasteiger partial charge is 0.192 e. The van der Waals surface area contributed by atoms with Crippen molar-refractivity contribution in [3.05, 3.63) is 46.7 Å². The molecule has 0 unspecified atom stereocenters. The summed E-state index contributed by atoms with van der Waals surface area (Å²) >= 11 is 5.01. The molecular weight excluding hydrogens is 286 g/mol. The lowest BCUT2D eigenvalue weighted by molar-refractivity contribution is 0.966. The normalized spacial score (nSPS) is 10.4. The molecule has 3 nitrogen and oxygen atoms in total. The zero-order valence-corrected chi connectivity index (χ0v) is 10.8. The largest absolute Gasteiger partial charge is 0.326 e. The van der Waals surface area contributed by atoms with Gasteiger partial charge in [0, 0.05) is 28.3 Å². The van der Waals surface area contributed by atoms with Crippen LogP contribution in [0.1, 0.15) is 5.56 Å². The minimum atomic E-state index is 0.535. The zero-order chi connectivity index (χ0) is 11.4. The number of aromatic nitrogens is 2. The zero-order valence-electron chi connectivity index (χ0n) is 8.43. The number of hydrogen-bond donors (Lipinski definition) is 1. The molecule has 0 radical (unpaired) electrons. The highest BCUT2D eigenvalue weighted by molar-refractivity contribution is 9.10. The highest BCUT2D eigenvalue weighted by Crippen LogP contribution is 2.28. The first-order valence-corrected chi connectivity index (χ1v) is 6.34. The Kier molecular flexibility index (Phi) is 3.93. The van der Waals surface area contributed by atoms with Gasteiger partial charge in [-0.2, -0.15) is 0 Å². The van der Waals surface area contributed by atoms with E-state index < -0.39 is 0 Å². The Balaban J connectivity index is 2.20. The van der Waals surface area contributed by atoms with Crippen LogP contribution in [0.4, 0.5) is 0 Å². The first-order chi connectivity index (χ1) is 7.79. The summed E-state index contributed by atoms with van der Waals surface area (Å²) in [5.74, 6) is 0. The van der Waals surface area contributed by atoms with Crippen LogP contribution in [-0.2, 0) is 6.54 Å². The molecule has 0 aliphatic carbocycles. The Labute approximate surface area is 107 Å². The molecule has 0 atom stereocenters. The molecule has 0 bridgehead atoms. The van der Waals surface area contributed by atoms with Gasteiger partial charge < -0.3 is 5.73 Å². The average Bonchev–Trinajstić information content (AvgIpc) is 2.31. The van der Waals surface area contributed by atoms with Crippen molar-refractivity contribution in [3.63, 3.8) is 0 Å². The van der Waals surface area contributed by atoms with E-state index in [1.54, 1.807) is 18.5 Å². The van der Waals surface area contributed by atoms with E-state index in [0.717, 1.165) is 20.1 Å². The van der Waals surface area contributed by atoms with Gasteiger partial charge >= 0.3 is 0 Å². The molecule has 0 spiro atoms. The second-order valence-electron chi connectivity index (χ2n) is 3.09. The Morgan fingerprint density at radius 3 is 2.62 bits per heavy atom. The van der Waals surface area contributed by atoms with Gasteiger partial charge in [-0.3, -0.25) is 0 Å². The molecule has 0 saturated heterocycles. The van der Waals surface area contributed by atoms with Crippen LogP contribution in [0.2, 0.25) is 0 Å². The van der Waals surface area contributed by atoms with Crippen molar-refractivity contribution >= 4 is 27.7 Å². The molecule has 1 aromatic carbocycles. The minimum absolute atomic E-state index is 0.535. The lowest BCUT2D eigenvalue weighted by Crippen LogP contribution is -1.96. The van der Waals surface area contributed by atoms with Crippen LogP contribution in [0.5, 0.6) is 0 Å². The molecule has 1 heterocycles. The highest BCUT2D eigenvalue weighted by atomic mass is 79.9. The quantitative estimate of drug-likeness (QED) is 0.885. The Bertz CT molecular complexity index is 476. The molecule has 0 fully saturated rings. The van der Waals surface area contributed by atoms with Gasteiger partial charge in [-0.1, -0.05) is 22.0 Å². The average molecular weight is 296 g/mol. The molecule has 2 rings (SSSR count). The first kappa shape index (κ1) is 11.6. The van der Waals surface area contributed by atoms with Gasteiger partial charge in [-0.15, -0.1) is 0 Å². The van der Waals surface area contributed by atoms with Gasteiger partial charge in [0.1, 0.15) is 0 Å². The van der Waals surface area contributed by atoms with Crippen molar-refractivity contribution in [2.24, 2.45) is 5.73 Å². The number of benzene rings is 1. The summed E-state index contributed by atoms with van der Waals surface area (Å²) in [6.07, 6.45) is 3.47. The van der Waals surface area contributed by atoms with Gasteiger partial charge in [0.2, 0.25) is 0 Å². The Hall–Kier alpha value is -0.910. The number of halogens is 1. The SMILES string of the molecule is NCc1ccc(Sc2ncccn2)cc1Br. The fourth-order valence-corrected chi connectivity index (χ4v) is 2.64. The third kappa shape index (κ3) is 2.81. The summed E-state index contributed by atoms with van der Waals surface area (Å²) in [6.45, 7) is 0.535. The Morgan fingerprint density at radius 2 is 2.00 bits per heavy atom. The summed E-state index contributed by atoms with van der Waals surface area (Å²) in [6, 6.07) is 7.87. The van der Waals surface area contributed by atoms with Gasteiger partial charge in [0.15, 0.2) is 5.16 Å². The van der Waals surface area contributed by atoms with Crippen molar-refractivity contribution < 1.29 is 0 Å². The van der Waals surface area contributed by atoms with E-state index >= 15 is 0 Å². The summed E-state index contributed by atoms with van der Waals surface area (Å²) in [5, 5.41) is 0.745. The molecule has 5 heteroatoms. The van der Waals surface area contributed by atoms with Crippen LogP contribution < -0.4 is 5.73 Å². The number of rotatable bonds is 3. The van der Waals surface area contributed by atoms with Crippen LogP contribution in [0, 0.1) is 0 Å². The van der Waals surface area contributed by atoms with E-state index in [2.05, 4.69) is 25.9 Å². The predicted molar refractivity (Wildman–Crippen MR) is 68.2 cm³/mol. The summed E-state index contributed by atoms with van der Waals surface area (Å²) in [5.41, 5.74) is 6.69. The minimum Gasteiger partial charge on any atom is -0.326 e. The van der Waals surface area contributed by atoms with E-state index in [1.165, 1.54) is 11.8 Å². The fourth-order valence-electron chi connectivity index (χ4n) is 1.20. The third-order valence-corrected chi connectivity index (χ3v) is 3.62. The van der Waals surface area contributed by atoms with Crippen LogP contribution in [-0.4, -0.2) is 9.97 Å².